The summed E-state index contributed by atoms with van der Waals surface area (Å²) in [6.07, 6.45) is 5.17. The molecule has 1 aromatic rings. The number of hydrogen-bond acceptors (Lipinski definition) is 2. The highest BCUT2D eigenvalue weighted by atomic mass is 19.4. The molecule has 2 heterocycles. The molecule has 7 heteroatoms. The Hall–Kier alpha value is -1.79. The molecule has 0 bridgehead atoms. The lowest BCUT2D eigenvalue weighted by molar-refractivity contribution is -0.367. The van der Waals surface area contributed by atoms with Crippen LogP contribution in [-0.2, 0) is 11.0 Å². The van der Waals surface area contributed by atoms with Gasteiger partial charge in [0.15, 0.2) is 0 Å². The first-order valence-electron chi connectivity index (χ1n) is 9.58. The van der Waals surface area contributed by atoms with Crippen LogP contribution < -0.4 is 15.2 Å². The molecule has 2 N–H and O–H groups in total. The van der Waals surface area contributed by atoms with Crippen LogP contribution in [0.25, 0.3) is 0 Å². The summed E-state index contributed by atoms with van der Waals surface area (Å²) in [4.78, 5) is 17.3. The number of piperidine rings is 1. The van der Waals surface area contributed by atoms with E-state index in [-0.39, 0.29) is 11.8 Å². The SMILES string of the molecule is O=C(NC1CCCCCC1)C1CCN(c2ccc(C(F)(F)F)c[nH+]2)CC1. The van der Waals surface area contributed by atoms with Gasteiger partial charge in [-0.1, -0.05) is 25.7 Å². The second-order valence-corrected chi connectivity index (χ2v) is 7.42. The first kappa shape index (κ1) is 19.0. The van der Waals surface area contributed by atoms with Gasteiger partial charge in [-0.25, -0.2) is 4.98 Å². The van der Waals surface area contributed by atoms with Gasteiger partial charge in [-0.3, -0.25) is 9.69 Å². The molecular formula is C19H27F3N3O+. The van der Waals surface area contributed by atoms with Crippen molar-refractivity contribution in [3.8, 4) is 0 Å². The van der Waals surface area contributed by atoms with Crippen LogP contribution in [0.15, 0.2) is 18.3 Å². The highest BCUT2D eigenvalue weighted by Crippen LogP contribution is 2.29. The van der Waals surface area contributed by atoms with Crippen LogP contribution >= 0.6 is 0 Å². The molecule has 1 aliphatic heterocycles. The van der Waals surface area contributed by atoms with Crippen molar-refractivity contribution in [2.24, 2.45) is 5.92 Å². The highest BCUT2D eigenvalue weighted by molar-refractivity contribution is 5.79. The normalized spacial score (nSPS) is 20.7. The Labute approximate surface area is 152 Å². The molecule has 1 aliphatic carbocycles. The standard InChI is InChI=1S/C19H26F3N3O/c20-19(21,22)15-7-8-17(23-13-15)25-11-9-14(10-12-25)18(26)24-16-5-3-1-2-4-6-16/h7-8,13-14,16H,1-6,9-12H2,(H,24,26)/p+1. The number of halogens is 3. The molecule has 2 fully saturated rings. The van der Waals surface area contributed by atoms with Gasteiger partial charge in [0.2, 0.25) is 5.91 Å². The number of nitrogens with one attached hydrogen (secondary N) is 2. The Morgan fingerprint density at radius 3 is 2.23 bits per heavy atom. The number of amides is 1. The van der Waals surface area contributed by atoms with Crippen molar-refractivity contribution >= 4 is 11.7 Å². The van der Waals surface area contributed by atoms with Crippen molar-refractivity contribution in [1.29, 1.82) is 0 Å². The average Bonchev–Trinajstić information content (AvgIpc) is 2.90. The smallest absolute Gasteiger partial charge is 0.353 e. The van der Waals surface area contributed by atoms with E-state index in [0.29, 0.717) is 24.9 Å². The molecule has 1 amide bonds. The van der Waals surface area contributed by atoms with E-state index in [1.807, 2.05) is 4.90 Å². The second-order valence-electron chi connectivity index (χ2n) is 7.42. The third-order valence-corrected chi connectivity index (χ3v) is 5.53. The van der Waals surface area contributed by atoms with Crippen LogP contribution in [0.3, 0.4) is 0 Å². The maximum atomic E-state index is 12.6. The van der Waals surface area contributed by atoms with Crippen LogP contribution in [-0.4, -0.2) is 25.0 Å². The number of nitrogens with zero attached hydrogens (tertiary/aromatic N) is 1. The first-order valence-corrected chi connectivity index (χ1v) is 9.58. The number of pyridine rings is 1. The number of carbonyl (C=O) groups is 1. The summed E-state index contributed by atoms with van der Waals surface area (Å²) in [5, 5.41) is 3.22. The topological polar surface area (TPSA) is 46.5 Å². The molecule has 4 nitrogen and oxygen atoms in total. The third kappa shape index (κ3) is 4.89. The fraction of sp³-hybridized carbons (Fsp3) is 0.684. The van der Waals surface area contributed by atoms with Gasteiger partial charge in [0.25, 0.3) is 5.82 Å². The lowest BCUT2D eigenvalue weighted by Crippen LogP contribution is -2.44. The Morgan fingerprint density at radius 1 is 1.04 bits per heavy atom. The molecule has 144 valence electrons. The van der Waals surface area contributed by atoms with Gasteiger partial charge in [0, 0.05) is 18.0 Å². The van der Waals surface area contributed by atoms with E-state index in [0.717, 1.165) is 37.9 Å². The van der Waals surface area contributed by atoms with Crippen LogP contribution in [0.1, 0.15) is 56.9 Å². The monoisotopic (exact) mass is 370 g/mol. The zero-order chi connectivity index (χ0) is 18.6. The summed E-state index contributed by atoms with van der Waals surface area (Å²) >= 11 is 0. The molecule has 0 unspecified atom stereocenters. The lowest BCUT2D eigenvalue weighted by atomic mass is 9.95. The van der Waals surface area contributed by atoms with Crippen molar-refractivity contribution in [3.05, 3.63) is 23.9 Å². The summed E-state index contributed by atoms with van der Waals surface area (Å²) in [7, 11) is 0. The fourth-order valence-corrected chi connectivity index (χ4v) is 3.91. The van der Waals surface area contributed by atoms with E-state index in [1.54, 1.807) is 0 Å². The number of hydrogen-bond donors (Lipinski definition) is 1. The Balaban J connectivity index is 1.49. The minimum atomic E-state index is -4.34. The number of carbonyl (C=O) groups excluding carboxylic acids is 1. The Morgan fingerprint density at radius 2 is 1.69 bits per heavy atom. The summed E-state index contributed by atoms with van der Waals surface area (Å²) in [6.45, 7) is 1.34. The third-order valence-electron chi connectivity index (χ3n) is 5.53. The fourth-order valence-electron chi connectivity index (χ4n) is 3.91. The van der Waals surface area contributed by atoms with E-state index < -0.39 is 11.7 Å². The number of rotatable bonds is 3. The quantitative estimate of drug-likeness (QED) is 0.827. The number of aromatic amines is 1. The van der Waals surface area contributed by atoms with E-state index in [9.17, 15) is 18.0 Å². The van der Waals surface area contributed by atoms with Crippen molar-refractivity contribution in [2.75, 3.05) is 18.0 Å². The second kappa shape index (κ2) is 8.27. The molecule has 0 aromatic carbocycles. The molecule has 26 heavy (non-hydrogen) atoms. The van der Waals surface area contributed by atoms with Gasteiger partial charge in [-0.05, 0) is 31.7 Å². The van der Waals surface area contributed by atoms with Crippen LogP contribution in [0.2, 0.25) is 0 Å². The average molecular weight is 370 g/mol. The van der Waals surface area contributed by atoms with E-state index >= 15 is 0 Å². The summed E-state index contributed by atoms with van der Waals surface area (Å²) in [5.41, 5.74) is -0.682. The number of H-pyrrole nitrogens is 1. The molecule has 0 spiro atoms. The van der Waals surface area contributed by atoms with Crippen molar-refractivity contribution in [3.63, 3.8) is 0 Å². The van der Waals surface area contributed by atoms with Crippen LogP contribution in [0.4, 0.5) is 19.0 Å². The van der Waals surface area contributed by atoms with Crippen molar-refractivity contribution in [1.82, 2.24) is 5.32 Å². The van der Waals surface area contributed by atoms with Gasteiger partial charge in [-0.15, -0.1) is 0 Å². The molecule has 1 saturated carbocycles. The summed E-state index contributed by atoms with van der Waals surface area (Å²) in [6, 6.07) is 2.87. The minimum absolute atomic E-state index is 0.00366. The molecule has 1 aromatic heterocycles. The van der Waals surface area contributed by atoms with E-state index in [2.05, 4.69) is 10.3 Å². The van der Waals surface area contributed by atoms with Crippen LogP contribution in [0, 0.1) is 5.92 Å². The Kier molecular flexibility index (Phi) is 6.04. The van der Waals surface area contributed by atoms with E-state index in [1.165, 1.54) is 31.7 Å². The Bertz CT molecular complexity index is 587. The number of anilines is 1. The van der Waals surface area contributed by atoms with Gasteiger partial charge in [0.1, 0.15) is 6.20 Å². The van der Waals surface area contributed by atoms with Crippen molar-refractivity contribution < 1.29 is 22.9 Å². The lowest BCUT2D eigenvalue weighted by Gasteiger charge is -2.28. The first-order chi connectivity index (χ1) is 12.4. The van der Waals surface area contributed by atoms with E-state index in [4.69, 9.17) is 0 Å². The molecule has 0 atom stereocenters. The predicted octanol–water partition coefficient (Wildman–Crippen LogP) is 3.57. The maximum absolute atomic E-state index is 12.6. The zero-order valence-electron chi connectivity index (χ0n) is 14.9. The molecule has 2 aliphatic rings. The zero-order valence-corrected chi connectivity index (χ0v) is 14.9. The van der Waals surface area contributed by atoms with Crippen molar-refractivity contribution in [2.45, 2.75) is 63.6 Å². The van der Waals surface area contributed by atoms with Gasteiger partial charge in [-0.2, -0.15) is 13.2 Å². The van der Waals surface area contributed by atoms with Gasteiger partial charge >= 0.3 is 6.18 Å². The molecule has 0 radical (unpaired) electrons. The summed E-state index contributed by atoms with van der Waals surface area (Å²) < 4.78 is 37.9. The molecular weight excluding hydrogens is 343 g/mol. The maximum Gasteiger partial charge on any atom is 0.419 e. The number of alkyl halides is 3. The largest absolute Gasteiger partial charge is 0.419 e. The minimum Gasteiger partial charge on any atom is -0.353 e. The van der Waals surface area contributed by atoms with Gasteiger partial charge < -0.3 is 5.32 Å². The van der Waals surface area contributed by atoms with Gasteiger partial charge in [0.05, 0.1) is 18.7 Å². The molecule has 3 rings (SSSR count). The summed E-state index contributed by atoms with van der Waals surface area (Å²) in [5.74, 6) is 0.817. The van der Waals surface area contributed by atoms with Crippen LogP contribution in [0.5, 0.6) is 0 Å². The highest BCUT2D eigenvalue weighted by Gasteiger charge is 2.33. The number of aromatic nitrogens is 1. The predicted molar refractivity (Wildman–Crippen MR) is 92.6 cm³/mol. The molecule has 1 saturated heterocycles.